The maximum Gasteiger partial charge on any atom is 0.187 e. The number of hydrogen-bond acceptors (Lipinski definition) is 2. The fourth-order valence-electron chi connectivity index (χ4n) is 0.647. The molecule has 0 radical (unpaired) electrons. The molecule has 1 unspecified atom stereocenters. The second-order valence-electron chi connectivity index (χ2n) is 2.25. The molecule has 0 fully saturated rings. The number of dihydropyridines is 1. The maximum atomic E-state index is 10.3. The molecule has 2 nitrogen and oxygen atoms in total. The Kier molecular flexibility index (Phi) is 1.81. The molecule has 10 heavy (non-hydrogen) atoms. The number of hydrogen-bond donors (Lipinski definition) is 1. The SMILES string of the molecule is CC1=CNC(Cl)(C=O)C=C1. The van der Waals surface area contributed by atoms with E-state index in [1.165, 1.54) is 0 Å². The number of nitrogens with one attached hydrogen (secondary N) is 1. The fourth-order valence-corrected chi connectivity index (χ4v) is 0.764. The molecule has 3 heteroatoms. The molecule has 54 valence electrons. The number of allylic oxidation sites excluding steroid dienone is 2. The predicted octanol–water partition coefficient (Wildman–Crippen LogP) is 1.18. The van der Waals surface area contributed by atoms with Gasteiger partial charge in [-0.3, -0.25) is 4.79 Å². The monoisotopic (exact) mass is 157 g/mol. The van der Waals surface area contributed by atoms with Gasteiger partial charge in [0, 0.05) is 6.20 Å². The lowest BCUT2D eigenvalue weighted by molar-refractivity contribution is -0.109. The lowest BCUT2D eigenvalue weighted by Gasteiger charge is -2.20. The van der Waals surface area contributed by atoms with Gasteiger partial charge < -0.3 is 5.32 Å². The minimum Gasteiger partial charge on any atom is -0.364 e. The van der Waals surface area contributed by atoms with Gasteiger partial charge in [-0.2, -0.15) is 0 Å². The minimum atomic E-state index is -1.01. The number of aldehydes is 1. The molecule has 1 aliphatic rings. The topological polar surface area (TPSA) is 29.1 Å². The normalized spacial score (nSPS) is 30.8. The number of carbonyl (C=O) groups is 1. The van der Waals surface area contributed by atoms with Crippen molar-refractivity contribution in [3.63, 3.8) is 0 Å². The van der Waals surface area contributed by atoms with Gasteiger partial charge in [0.1, 0.15) is 0 Å². The van der Waals surface area contributed by atoms with Crippen LogP contribution in [0, 0.1) is 0 Å². The average molecular weight is 158 g/mol. The highest BCUT2D eigenvalue weighted by molar-refractivity contribution is 6.32. The van der Waals surface area contributed by atoms with Crippen LogP contribution >= 0.6 is 11.6 Å². The molecular weight excluding hydrogens is 150 g/mol. The van der Waals surface area contributed by atoms with E-state index in [4.69, 9.17) is 11.6 Å². The van der Waals surface area contributed by atoms with E-state index in [-0.39, 0.29) is 0 Å². The van der Waals surface area contributed by atoms with Gasteiger partial charge in [0.15, 0.2) is 11.3 Å². The van der Waals surface area contributed by atoms with Gasteiger partial charge in [0.25, 0.3) is 0 Å². The second-order valence-corrected chi connectivity index (χ2v) is 2.88. The first kappa shape index (κ1) is 7.35. The summed E-state index contributed by atoms with van der Waals surface area (Å²) in [5, 5.41) is 2.74. The van der Waals surface area contributed by atoms with Crippen molar-refractivity contribution in [2.24, 2.45) is 0 Å². The lowest BCUT2D eigenvalue weighted by Crippen LogP contribution is -2.37. The summed E-state index contributed by atoms with van der Waals surface area (Å²) in [6.45, 7) is 1.92. The Balaban J connectivity index is 2.76. The number of halogens is 1. The van der Waals surface area contributed by atoms with E-state index in [1.807, 2.05) is 6.92 Å². The smallest absolute Gasteiger partial charge is 0.187 e. The first-order chi connectivity index (χ1) is 4.66. The Bertz CT molecular complexity index is 210. The first-order valence-electron chi connectivity index (χ1n) is 2.95. The highest BCUT2D eigenvalue weighted by Crippen LogP contribution is 2.15. The van der Waals surface area contributed by atoms with Crippen molar-refractivity contribution in [2.75, 3.05) is 0 Å². The van der Waals surface area contributed by atoms with Crippen LogP contribution in [0.5, 0.6) is 0 Å². The van der Waals surface area contributed by atoms with Crippen LogP contribution in [0.4, 0.5) is 0 Å². The van der Waals surface area contributed by atoms with Crippen LogP contribution in [0.15, 0.2) is 23.9 Å². The molecule has 1 atom stereocenters. The Morgan fingerprint density at radius 1 is 1.80 bits per heavy atom. The summed E-state index contributed by atoms with van der Waals surface area (Å²) in [4.78, 5) is 9.30. The summed E-state index contributed by atoms with van der Waals surface area (Å²) >= 11 is 5.71. The van der Waals surface area contributed by atoms with Gasteiger partial charge in [-0.15, -0.1) is 0 Å². The molecular formula is C7H8ClNO. The molecule has 0 saturated carbocycles. The van der Waals surface area contributed by atoms with Crippen LogP contribution < -0.4 is 5.32 Å². The molecule has 0 spiro atoms. The van der Waals surface area contributed by atoms with Gasteiger partial charge in [-0.05, 0) is 18.6 Å². The summed E-state index contributed by atoms with van der Waals surface area (Å²) in [6.07, 6.45) is 5.80. The van der Waals surface area contributed by atoms with E-state index < -0.39 is 5.00 Å². The van der Waals surface area contributed by atoms with Crippen molar-refractivity contribution in [1.29, 1.82) is 0 Å². The Morgan fingerprint density at radius 2 is 2.50 bits per heavy atom. The maximum absolute atomic E-state index is 10.3. The van der Waals surface area contributed by atoms with E-state index in [2.05, 4.69) is 5.32 Å². The third kappa shape index (κ3) is 1.39. The zero-order valence-corrected chi connectivity index (χ0v) is 6.35. The van der Waals surface area contributed by atoms with Gasteiger partial charge >= 0.3 is 0 Å². The van der Waals surface area contributed by atoms with Crippen LogP contribution in [0.3, 0.4) is 0 Å². The van der Waals surface area contributed by atoms with Gasteiger partial charge in [-0.1, -0.05) is 17.7 Å². The molecule has 0 bridgehead atoms. The van der Waals surface area contributed by atoms with Crippen LogP contribution in [-0.4, -0.2) is 11.3 Å². The molecule has 1 aliphatic heterocycles. The molecule has 0 amide bonds. The average Bonchev–Trinajstić information content (AvgIpc) is 1.96. The standard InChI is InChI=1S/C7H8ClNO/c1-6-2-3-7(8,5-10)9-4-6/h2-5,9H,1H3. The van der Waals surface area contributed by atoms with Crippen molar-refractivity contribution >= 4 is 17.9 Å². The largest absolute Gasteiger partial charge is 0.364 e. The van der Waals surface area contributed by atoms with Gasteiger partial charge in [0.2, 0.25) is 0 Å². The molecule has 0 aliphatic carbocycles. The van der Waals surface area contributed by atoms with Crippen LogP contribution in [-0.2, 0) is 4.79 Å². The van der Waals surface area contributed by atoms with Crippen LogP contribution in [0.25, 0.3) is 0 Å². The van der Waals surface area contributed by atoms with E-state index in [1.54, 1.807) is 18.4 Å². The third-order valence-corrected chi connectivity index (χ3v) is 1.61. The molecule has 0 aromatic carbocycles. The zero-order chi connectivity index (χ0) is 7.61. The quantitative estimate of drug-likeness (QED) is 0.352. The second kappa shape index (κ2) is 2.46. The predicted molar refractivity (Wildman–Crippen MR) is 40.7 cm³/mol. The van der Waals surface area contributed by atoms with E-state index in [0.717, 1.165) is 5.57 Å². The molecule has 0 saturated heterocycles. The lowest BCUT2D eigenvalue weighted by atomic mass is 10.2. The summed E-state index contributed by atoms with van der Waals surface area (Å²) in [6, 6.07) is 0. The van der Waals surface area contributed by atoms with Crippen LogP contribution in [0.2, 0.25) is 0 Å². The Hall–Kier alpha value is -0.760. The summed E-state index contributed by atoms with van der Waals surface area (Å²) in [5.74, 6) is 0. The Morgan fingerprint density at radius 3 is 2.90 bits per heavy atom. The van der Waals surface area contributed by atoms with Crippen molar-refractivity contribution in [3.05, 3.63) is 23.9 Å². The number of carbonyl (C=O) groups excluding carboxylic acids is 1. The van der Waals surface area contributed by atoms with Crippen LogP contribution in [0.1, 0.15) is 6.92 Å². The highest BCUT2D eigenvalue weighted by atomic mass is 35.5. The molecule has 0 aromatic rings. The molecule has 0 aromatic heterocycles. The molecule has 1 N–H and O–H groups in total. The summed E-state index contributed by atoms with van der Waals surface area (Å²) in [7, 11) is 0. The number of alkyl halides is 1. The summed E-state index contributed by atoms with van der Waals surface area (Å²) in [5.41, 5.74) is 1.05. The van der Waals surface area contributed by atoms with E-state index in [9.17, 15) is 4.79 Å². The Labute approximate surface area is 64.6 Å². The molecule has 1 heterocycles. The van der Waals surface area contributed by atoms with E-state index in [0.29, 0.717) is 6.29 Å². The number of rotatable bonds is 1. The van der Waals surface area contributed by atoms with Gasteiger partial charge in [0.05, 0.1) is 0 Å². The zero-order valence-electron chi connectivity index (χ0n) is 5.60. The van der Waals surface area contributed by atoms with Crippen molar-refractivity contribution in [3.8, 4) is 0 Å². The first-order valence-corrected chi connectivity index (χ1v) is 3.33. The summed E-state index contributed by atoms with van der Waals surface area (Å²) < 4.78 is 0. The molecule has 1 rings (SSSR count). The highest BCUT2D eigenvalue weighted by Gasteiger charge is 2.22. The van der Waals surface area contributed by atoms with Crippen molar-refractivity contribution < 1.29 is 4.79 Å². The van der Waals surface area contributed by atoms with Crippen molar-refractivity contribution in [2.45, 2.75) is 11.9 Å². The fraction of sp³-hybridized carbons (Fsp3) is 0.286. The van der Waals surface area contributed by atoms with E-state index >= 15 is 0 Å². The van der Waals surface area contributed by atoms with Gasteiger partial charge in [-0.25, -0.2) is 0 Å². The minimum absolute atomic E-state index is 0.661. The third-order valence-electron chi connectivity index (χ3n) is 1.28. The van der Waals surface area contributed by atoms with Crippen molar-refractivity contribution in [1.82, 2.24) is 5.32 Å².